The number of aliphatic imine (C=N–C) groups is 1. The van der Waals surface area contributed by atoms with Crippen molar-refractivity contribution in [1.29, 1.82) is 0 Å². The Balaban J connectivity index is 1.92. The summed E-state index contributed by atoms with van der Waals surface area (Å²) in [5, 5.41) is 11.7. The van der Waals surface area contributed by atoms with Crippen LogP contribution in [-0.2, 0) is 22.0 Å². The van der Waals surface area contributed by atoms with Crippen molar-refractivity contribution in [3.8, 4) is 0 Å². The fourth-order valence-electron chi connectivity index (χ4n) is 2.50. The Morgan fingerprint density at radius 1 is 1.04 bits per heavy atom. The van der Waals surface area contributed by atoms with Crippen molar-refractivity contribution in [2.75, 3.05) is 13.6 Å². The average Bonchev–Trinajstić information content (AvgIpc) is 2.62. The zero-order valence-electron chi connectivity index (χ0n) is 15.4. The Bertz CT molecular complexity index is 845. The minimum atomic E-state index is -3.66. The molecule has 2 aromatic rings. The molecule has 0 radical (unpaired) electrons. The van der Waals surface area contributed by atoms with Crippen LogP contribution in [0.2, 0.25) is 0 Å². The van der Waals surface area contributed by atoms with E-state index in [1.54, 1.807) is 19.2 Å². The van der Waals surface area contributed by atoms with Crippen molar-refractivity contribution in [3.63, 3.8) is 0 Å². The summed E-state index contributed by atoms with van der Waals surface area (Å²) in [4.78, 5) is 4.34. The molecule has 0 saturated carbocycles. The van der Waals surface area contributed by atoms with Gasteiger partial charge >= 0.3 is 0 Å². The summed E-state index contributed by atoms with van der Waals surface area (Å²) in [7, 11) is -1.95. The van der Waals surface area contributed by atoms with Gasteiger partial charge in [-0.15, -0.1) is 0 Å². The standard InChI is InChI=1S/C19H26N4O2S/c1-19(2,16-7-5-4-6-8-16)14-23-18(21-3)22-13-15-9-11-17(12-10-15)26(20,24)25/h4-12H,13-14H2,1-3H3,(H2,20,24,25)(H2,21,22,23). The van der Waals surface area contributed by atoms with Crippen LogP contribution in [0.15, 0.2) is 64.5 Å². The summed E-state index contributed by atoms with van der Waals surface area (Å²) >= 11 is 0. The van der Waals surface area contributed by atoms with Gasteiger partial charge in [-0.05, 0) is 23.3 Å². The number of nitrogens with zero attached hydrogens (tertiary/aromatic N) is 1. The lowest BCUT2D eigenvalue weighted by Crippen LogP contribution is -2.43. The zero-order chi connectivity index (χ0) is 19.2. The molecule has 4 N–H and O–H groups in total. The summed E-state index contributed by atoms with van der Waals surface area (Å²) in [6.07, 6.45) is 0. The molecule has 26 heavy (non-hydrogen) atoms. The van der Waals surface area contributed by atoms with Crippen molar-refractivity contribution in [3.05, 3.63) is 65.7 Å². The molecule has 140 valence electrons. The van der Waals surface area contributed by atoms with Crippen molar-refractivity contribution < 1.29 is 8.42 Å². The maximum Gasteiger partial charge on any atom is 0.238 e. The van der Waals surface area contributed by atoms with E-state index in [0.717, 1.165) is 12.1 Å². The lowest BCUT2D eigenvalue weighted by molar-refractivity contribution is 0.508. The fourth-order valence-corrected chi connectivity index (χ4v) is 3.01. The van der Waals surface area contributed by atoms with Gasteiger partial charge in [-0.1, -0.05) is 56.3 Å². The normalized spacial score (nSPS) is 12.7. The monoisotopic (exact) mass is 374 g/mol. The van der Waals surface area contributed by atoms with Crippen molar-refractivity contribution in [1.82, 2.24) is 10.6 Å². The largest absolute Gasteiger partial charge is 0.356 e. The van der Waals surface area contributed by atoms with E-state index in [2.05, 4.69) is 41.6 Å². The number of nitrogens with one attached hydrogen (secondary N) is 2. The highest BCUT2D eigenvalue weighted by atomic mass is 32.2. The molecule has 0 fully saturated rings. The Morgan fingerprint density at radius 2 is 1.65 bits per heavy atom. The molecule has 0 aliphatic heterocycles. The number of guanidine groups is 1. The van der Waals surface area contributed by atoms with Crippen LogP contribution in [0.25, 0.3) is 0 Å². The van der Waals surface area contributed by atoms with Gasteiger partial charge in [0.2, 0.25) is 10.0 Å². The summed E-state index contributed by atoms with van der Waals surface area (Å²) in [5.41, 5.74) is 2.14. The van der Waals surface area contributed by atoms with Crippen molar-refractivity contribution in [2.24, 2.45) is 10.1 Å². The molecule has 0 heterocycles. The SMILES string of the molecule is CN=C(NCc1ccc(S(N)(=O)=O)cc1)NCC(C)(C)c1ccccc1. The molecular weight excluding hydrogens is 348 g/mol. The van der Waals surface area contributed by atoms with Crippen LogP contribution in [0.4, 0.5) is 0 Å². The first-order valence-corrected chi connectivity index (χ1v) is 9.89. The maximum absolute atomic E-state index is 11.3. The van der Waals surface area contributed by atoms with Gasteiger partial charge in [-0.2, -0.15) is 0 Å². The van der Waals surface area contributed by atoms with Gasteiger partial charge < -0.3 is 10.6 Å². The highest BCUT2D eigenvalue weighted by Gasteiger charge is 2.20. The van der Waals surface area contributed by atoms with Gasteiger partial charge in [-0.3, -0.25) is 4.99 Å². The molecule has 0 atom stereocenters. The van der Waals surface area contributed by atoms with Crippen LogP contribution in [0.5, 0.6) is 0 Å². The second-order valence-corrected chi connectivity index (χ2v) is 8.28. The molecule has 0 unspecified atom stereocenters. The number of nitrogens with two attached hydrogens (primary N) is 1. The van der Waals surface area contributed by atoms with Gasteiger partial charge in [0.25, 0.3) is 0 Å². The first-order chi connectivity index (χ1) is 12.2. The minimum Gasteiger partial charge on any atom is -0.356 e. The van der Waals surface area contributed by atoms with Crippen molar-refractivity contribution in [2.45, 2.75) is 30.7 Å². The van der Waals surface area contributed by atoms with Gasteiger partial charge in [0.15, 0.2) is 5.96 Å². The molecule has 7 heteroatoms. The first kappa shape index (κ1) is 19.9. The molecule has 2 aromatic carbocycles. The second kappa shape index (κ2) is 8.33. The molecule has 0 spiro atoms. The summed E-state index contributed by atoms with van der Waals surface area (Å²) < 4.78 is 22.6. The molecule has 6 nitrogen and oxygen atoms in total. The number of primary sulfonamides is 1. The maximum atomic E-state index is 11.3. The molecule has 0 aliphatic rings. The van der Waals surface area contributed by atoms with Crippen molar-refractivity contribution >= 4 is 16.0 Å². The summed E-state index contributed by atoms with van der Waals surface area (Å²) in [6.45, 7) is 5.60. The van der Waals surface area contributed by atoms with Crippen LogP contribution in [-0.4, -0.2) is 28.0 Å². The predicted molar refractivity (Wildman–Crippen MR) is 105 cm³/mol. The number of sulfonamides is 1. The molecule has 0 bridgehead atoms. The van der Waals surface area contributed by atoms with Gasteiger partial charge in [0.1, 0.15) is 0 Å². The van der Waals surface area contributed by atoms with Gasteiger partial charge in [-0.25, -0.2) is 13.6 Å². The number of hydrogen-bond acceptors (Lipinski definition) is 3. The van der Waals surface area contributed by atoms with E-state index in [1.807, 2.05) is 18.2 Å². The topological polar surface area (TPSA) is 96.6 Å². The van der Waals surface area contributed by atoms with E-state index in [9.17, 15) is 8.42 Å². The third-order valence-electron chi connectivity index (χ3n) is 4.19. The van der Waals surface area contributed by atoms with Crippen LogP contribution in [0.3, 0.4) is 0 Å². The molecule has 2 rings (SSSR count). The van der Waals surface area contributed by atoms with Gasteiger partial charge in [0.05, 0.1) is 4.90 Å². The predicted octanol–water partition coefficient (Wildman–Crippen LogP) is 1.98. The van der Waals surface area contributed by atoms with Crippen LogP contribution < -0.4 is 15.8 Å². The lowest BCUT2D eigenvalue weighted by atomic mass is 9.85. The van der Waals surface area contributed by atoms with Gasteiger partial charge in [0, 0.05) is 25.6 Å². The highest BCUT2D eigenvalue weighted by molar-refractivity contribution is 7.89. The average molecular weight is 375 g/mol. The number of benzene rings is 2. The lowest BCUT2D eigenvalue weighted by Gasteiger charge is -2.26. The Morgan fingerprint density at radius 3 is 2.19 bits per heavy atom. The quantitative estimate of drug-likeness (QED) is 0.532. The van der Waals surface area contributed by atoms with Crippen LogP contribution in [0, 0.1) is 0 Å². The van der Waals surface area contributed by atoms with Crippen LogP contribution in [0.1, 0.15) is 25.0 Å². The second-order valence-electron chi connectivity index (χ2n) is 6.72. The Labute approximate surface area is 155 Å². The first-order valence-electron chi connectivity index (χ1n) is 8.34. The molecule has 0 saturated heterocycles. The highest BCUT2D eigenvalue weighted by Crippen LogP contribution is 2.21. The third-order valence-corrected chi connectivity index (χ3v) is 5.12. The molecular formula is C19H26N4O2S. The molecule has 0 aromatic heterocycles. The Kier molecular flexibility index (Phi) is 6.39. The van der Waals surface area contributed by atoms with E-state index in [4.69, 9.17) is 5.14 Å². The number of hydrogen-bond donors (Lipinski definition) is 3. The summed E-state index contributed by atoms with van der Waals surface area (Å²) in [5.74, 6) is 0.685. The minimum absolute atomic E-state index is 0.0456. The fraction of sp³-hybridized carbons (Fsp3) is 0.316. The van der Waals surface area contributed by atoms with E-state index < -0.39 is 10.0 Å². The van der Waals surface area contributed by atoms with E-state index in [-0.39, 0.29) is 10.3 Å². The van der Waals surface area contributed by atoms with Crippen LogP contribution >= 0.6 is 0 Å². The molecule has 0 aliphatic carbocycles. The smallest absolute Gasteiger partial charge is 0.238 e. The third kappa shape index (κ3) is 5.57. The molecule has 0 amide bonds. The van der Waals surface area contributed by atoms with E-state index in [0.29, 0.717) is 12.5 Å². The number of rotatable bonds is 6. The van der Waals surface area contributed by atoms with E-state index in [1.165, 1.54) is 17.7 Å². The zero-order valence-corrected chi connectivity index (χ0v) is 16.2. The van der Waals surface area contributed by atoms with E-state index >= 15 is 0 Å². The summed E-state index contributed by atoms with van der Waals surface area (Å²) in [6, 6.07) is 16.8. The Hall–Kier alpha value is -2.38.